The molecule has 0 aromatic carbocycles. The molecule has 17 heavy (non-hydrogen) atoms. The topological polar surface area (TPSA) is 32.7 Å². The Kier molecular flexibility index (Phi) is 6.88. The van der Waals surface area contributed by atoms with Crippen LogP contribution in [0, 0.1) is 5.92 Å². The molecular formula is C13H22N2OS. The van der Waals surface area contributed by atoms with E-state index in [1.807, 2.05) is 33.8 Å². The van der Waals surface area contributed by atoms with E-state index in [9.17, 15) is 4.79 Å². The van der Waals surface area contributed by atoms with Crippen LogP contribution in [0.3, 0.4) is 0 Å². The molecule has 0 spiro atoms. The minimum atomic E-state index is -0.118. The van der Waals surface area contributed by atoms with Crippen LogP contribution in [0.5, 0.6) is 0 Å². The van der Waals surface area contributed by atoms with Crippen molar-refractivity contribution in [2.45, 2.75) is 27.7 Å². The summed E-state index contributed by atoms with van der Waals surface area (Å²) in [6.45, 7) is 11.5. The lowest BCUT2D eigenvalue weighted by molar-refractivity contribution is -0.128. The SMILES string of the molecule is C=C(C)SC(=NC)N(C)C(=O)C(C)/C(C)=C/C. The molecule has 1 atom stereocenters. The number of carbonyl (C=O) groups is 1. The van der Waals surface area contributed by atoms with Gasteiger partial charge in [-0.3, -0.25) is 14.7 Å². The number of thioether (sulfide) groups is 1. The largest absolute Gasteiger partial charge is 0.294 e. The van der Waals surface area contributed by atoms with E-state index in [2.05, 4.69) is 11.6 Å². The highest BCUT2D eigenvalue weighted by Gasteiger charge is 2.22. The maximum absolute atomic E-state index is 12.2. The van der Waals surface area contributed by atoms with E-state index in [1.165, 1.54) is 11.8 Å². The summed E-state index contributed by atoms with van der Waals surface area (Å²) < 4.78 is 0. The Balaban J connectivity index is 4.85. The van der Waals surface area contributed by atoms with Gasteiger partial charge >= 0.3 is 0 Å². The smallest absolute Gasteiger partial charge is 0.235 e. The first-order chi connectivity index (χ1) is 7.84. The van der Waals surface area contributed by atoms with Crippen LogP contribution >= 0.6 is 11.8 Å². The predicted octanol–water partition coefficient (Wildman–Crippen LogP) is 3.30. The van der Waals surface area contributed by atoms with Gasteiger partial charge in [0.2, 0.25) is 5.91 Å². The van der Waals surface area contributed by atoms with Crippen molar-refractivity contribution in [3.05, 3.63) is 23.1 Å². The summed E-state index contributed by atoms with van der Waals surface area (Å²) in [5.74, 6) is -0.0672. The molecule has 0 radical (unpaired) electrons. The molecule has 0 aromatic heterocycles. The van der Waals surface area contributed by atoms with E-state index >= 15 is 0 Å². The minimum Gasteiger partial charge on any atom is -0.294 e. The van der Waals surface area contributed by atoms with Crippen LogP contribution in [-0.4, -0.2) is 30.1 Å². The molecule has 0 saturated heterocycles. The van der Waals surface area contributed by atoms with Gasteiger partial charge in [0.15, 0.2) is 5.17 Å². The van der Waals surface area contributed by atoms with Crippen LogP contribution in [0.25, 0.3) is 0 Å². The molecule has 0 fully saturated rings. The normalized spacial score (nSPS) is 14.5. The second-order valence-corrected chi connectivity index (χ2v) is 5.23. The van der Waals surface area contributed by atoms with Gasteiger partial charge in [-0.05, 0) is 32.6 Å². The highest BCUT2D eigenvalue weighted by Crippen LogP contribution is 2.20. The molecule has 1 unspecified atom stereocenters. The Morgan fingerprint density at radius 1 is 1.47 bits per heavy atom. The average Bonchev–Trinajstić information content (AvgIpc) is 2.31. The summed E-state index contributed by atoms with van der Waals surface area (Å²) in [6, 6.07) is 0. The molecule has 0 aliphatic rings. The van der Waals surface area contributed by atoms with Crippen molar-refractivity contribution < 1.29 is 4.79 Å². The van der Waals surface area contributed by atoms with Gasteiger partial charge in [-0.15, -0.1) is 0 Å². The van der Waals surface area contributed by atoms with Crippen LogP contribution in [0.2, 0.25) is 0 Å². The van der Waals surface area contributed by atoms with Gasteiger partial charge in [-0.1, -0.05) is 30.0 Å². The zero-order valence-electron chi connectivity index (χ0n) is 11.6. The average molecular weight is 254 g/mol. The minimum absolute atomic E-state index is 0.0509. The lowest BCUT2D eigenvalue weighted by Gasteiger charge is -2.22. The number of allylic oxidation sites excluding steroid dienone is 2. The van der Waals surface area contributed by atoms with Gasteiger partial charge in [0.05, 0.1) is 5.92 Å². The third-order valence-corrected chi connectivity index (χ3v) is 3.57. The summed E-state index contributed by atoms with van der Waals surface area (Å²) in [5, 5.41) is 0.679. The van der Waals surface area contributed by atoms with E-state index in [4.69, 9.17) is 0 Å². The van der Waals surface area contributed by atoms with Crippen LogP contribution in [0.4, 0.5) is 0 Å². The van der Waals surface area contributed by atoms with E-state index in [1.54, 1.807) is 19.0 Å². The Hall–Kier alpha value is -1.03. The van der Waals surface area contributed by atoms with Crippen molar-refractivity contribution >= 4 is 22.8 Å². The fourth-order valence-electron chi connectivity index (χ4n) is 1.25. The van der Waals surface area contributed by atoms with Gasteiger partial charge in [-0.2, -0.15) is 0 Å². The number of hydrogen-bond acceptors (Lipinski definition) is 3. The Morgan fingerprint density at radius 3 is 2.35 bits per heavy atom. The van der Waals surface area contributed by atoms with Crippen molar-refractivity contribution in [1.82, 2.24) is 4.90 Å². The summed E-state index contributed by atoms with van der Waals surface area (Å²) in [7, 11) is 3.43. The van der Waals surface area contributed by atoms with Gasteiger partial charge in [-0.25, -0.2) is 0 Å². The molecule has 0 aliphatic carbocycles. The van der Waals surface area contributed by atoms with Gasteiger partial charge in [0.1, 0.15) is 0 Å². The van der Waals surface area contributed by atoms with Crippen LogP contribution < -0.4 is 0 Å². The van der Waals surface area contributed by atoms with E-state index in [0.29, 0.717) is 5.17 Å². The second-order valence-electron chi connectivity index (χ2n) is 3.96. The molecule has 0 heterocycles. The number of amides is 1. The molecule has 1 amide bonds. The molecule has 0 aliphatic heterocycles. The van der Waals surface area contributed by atoms with Crippen molar-refractivity contribution in [3.63, 3.8) is 0 Å². The quantitative estimate of drug-likeness (QED) is 0.440. The zero-order valence-corrected chi connectivity index (χ0v) is 12.4. The Labute approximate surface area is 109 Å². The first kappa shape index (κ1) is 16.0. The van der Waals surface area contributed by atoms with Crippen LogP contribution in [0.15, 0.2) is 28.1 Å². The molecule has 3 nitrogen and oxygen atoms in total. The number of hydrogen-bond donors (Lipinski definition) is 0. The summed E-state index contributed by atoms with van der Waals surface area (Å²) in [5.41, 5.74) is 1.07. The number of rotatable bonds is 3. The maximum Gasteiger partial charge on any atom is 0.235 e. The fraction of sp³-hybridized carbons (Fsp3) is 0.538. The molecule has 0 saturated carbocycles. The molecule has 96 valence electrons. The molecule has 0 rings (SSSR count). The number of carbonyl (C=O) groups excluding carboxylic acids is 1. The zero-order chi connectivity index (χ0) is 13.6. The third-order valence-electron chi connectivity index (χ3n) is 2.58. The van der Waals surface area contributed by atoms with E-state index in [-0.39, 0.29) is 11.8 Å². The highest BCUT2D eigenvalue weighted by molar-refractivity contribution is 8.17. The Morgan fingerprint density at radius 2 is 2.00 bits per heavy atom. The van der Waals surface area contributed by atoms with Gasteiger partial charge < -0.3 is 0 Å². The molecular weight excluding hydrogens is 232 g/mol. The standard InChI is InChI=1S/C13H22N2OS/c1-8-10(4)11(5)12(16)15(7)13(14-6)17-9(2)3/h8,11H,2H2,1,3-7H3/b10-8+,14-13?. The number of amidine groups is 1. The molecule has 4 heteroatoms. The van der Waals surface area contributed by atoms with Crippen molar-refractivity contribution in [2.75, 3.05) is 14.1 Å². The van der Waals surface area contributed by atoms with E-state index in [0.717, 1.165) is 10.5 Å². The second kappa shape index (κ2) is 7.33. The van der Waals surface area contributed by atoms with E-state index < -0.39 is 0 Å². The number of nitrogens with zero attached hydrogens (tertiary/aromatic N) is 2. The van der Waals surface area contributed by atoms with Gasteiger partial charge in [0.25, 0.3) is 0 Å². The van der Waals surface area contributed by atoms with Gasteiger partial charge in [0, 0.05) is 14.1 Å². The van der Waals surface area contributed by atoms with Crippen molar-refractivity contribution in [1.29, 1.82) is 0 Å². The first-order valence-electron chi connectivity index (χ1n) is 5.55. The fourth-order valence-corrected chi connectivity index (χ4v) is 1.88. The monoisotopic (exact) mass is 254 g/mol. The molecule has 0 bridgehead atoms. The lowest BCUT2D eigenvalue weighted by atomic mass is 10.0. The predicted molar refractivity (Wildman–Crippen MR) is 77.1 cm³/mol. The molecule has 0 aromatic rings. The maximum atomic E-state index is 12.2. The van der Waals surface area contributed by atoms with Crippen LogP contribution in [-0.2, 0) is 4.79 Å². The number of aliphatic imine (C=N–C) groups is 1. The highest BCUT2D eigenvalue weighted by atomic mass is 32.2. The van der Waals surface area contributed by atoms with Crippen molar-refractivity contribution in [3.8, 4) is 0 Å². The first-order valence-corrected chi connectivity index (χ1v) is 6.37. The molecule has 0 N–H and O–H groups in total. The Bertz CT molecular complexity index is 358. The summed E-state index contributed by atoms with van der Waals surface area (Å²) >= 11 is 1.41. The summed E-state index contributed by atoms with van der Waals surface area (Å²) in [4.78, 5) is 18.8. The summed E-state index contributed by atoms with van der Waals surface area (Å²) in [6.07, 6.45) is 1.96. The van der Waals surface area contributed by atoms with Crippen LogP contribution in [0.1, 0.15) is 27.7 Å². The third kappa shape index (κ3) is 4.77. The lowest BCUT2D eigenvalue weighted by Crippen LogP contribution is -2.35. The van der Waals surface area contributed by atoms with Crippen molar-refractivity contribution in [2.24, 2.45) is 10.9 Å².